The first-order chi connectivity index (χ1) is 12.8. The predicted octanol–water partition coefficient (Wildman–Crippen LogP) is 5.20. The van der Waals surface area contributed by atoms with Gasteiger partial charge in [0.05, 0.1) is 7.11 Å². The molecule has 0 atom stereocenters. The SMILES string of the molecule is COc1ccc(-c2nnc(-c3ccc(Oc4ccccc4)cc3)o2)cc1. The molecule has 0 aliphatic heterocycles. The molecule has 1 heterocycles. The summed E-state index contributed by atoms with van der Waals surface area (Å²) in [6, 6.07) is 24.6. The number of ether oxygens (including phenoxy) is 2. The Bertz CT molecular complexity index is 978. The number of hydrogen-bond acceptors (Lipinski definition) is 5. The normalized spacial score (nSPS) is 10.5. The van der Waals surface area contributed by atoms with Crippen LogP contribution in [0.1, 0.15) is 0 Å². The summed E-state index contributed by atoms with van der Waals surface area (Å²) >= 11 is 0. The topological polar surface area (TPSA) is 57.4 Å². The second-order valence-corrected chi connectivity index (χ2v) is 5.58. The number of aromatic nitrogens is 2. The molecule has 26 heavy (non-hydrogen) atoms. The fraction of sp³-hybridized carbons (Fsp3) is 0.0476. The van der Waals surface area contributed by atoms with Crippen LogP contribution in [0, 0.1) is 0 Å². The lowest BCUT2D eigenvalue weighted by Crippen LogP contribution is -1.84. The monoisotopic (exact) mass is 344 g/mol. The molecular weight excluding hydrogens is 328 g/mol. The van der Waals surface area contributed by atoms with Crippen molar-refractivity contribution in [1.82, 2.24) is 10.2 Å². The number of nitrogens with zero attached hydrogens (tertiary/aromatic N) is 2. The van der Waals surface area contributed by atoms with E-state index in [1.54, 1.807) is 7.11 Å². The van der Waals surface area contributed by atoms with Crippen LogP contribution >= 0.6 is 0 Å². The molecule has 3 aromatic carbocycles. The number of hydrogen-bond donors (Lipinski definition) is 0. The average Bonchev–Trinajstić information content (AvgIpc) is 3.20. The maximum atomic E-state index is 5.79. The molecule has 0 aliphatic rings. The van der Waals surface area contributed by atoms with Crippen LogP contribution in [0.15, 0.2) is 83.3 Å². The minimum Gasteiger partial charge on any atom is -0.497 e. The minimum atomic E-state index is 0.460. The van der Waals surface area contributed by atoms with Crippen molar-refractivity contribution >= 4 is 0 Å². The third-order valence-corrected chi connectivity index (χ3v) is 3.84. The highest BCUT2D eigenvalue weighted by molar-refractivity contribution is 5.59. The molecule has 0 aliphatic carbocycles. The van der Waals surface area contributed by atoms with Crippen LogP contribution < -0.4 is 9.47 Å². The zero-order valence-corrected chi connectivity index (χ0v) is 14.1. The Hall–Kier alpha value is -3.60. The maximum absolute atomic E-state index is 5.79. The summed E-state index contributed by atoms with van der Waals surface area (Å²) in [4.78, 5) is 0. The lowest BCUT2D eigenvalue weighted by Gasteiger charge is -2.05. The standard InChI is InChI=1S/C21H16N2O3/c1-24-17-11-7-15(8-12-17)20-22-23-21(26-20)16-9-13-19(14-10-16)25-18-5-3-2-4-6-18/h2-14H,1H3. The average molecular weight is 344 g/mol. The highest BCUT2D eigenvalue weighted by atomic mass is 16.5. The van der Waals surface area contributed by atoms with Crippen molar-refractivity contribution in [2.45, 2.75) is 0 Å². The smallest absolute Gasteiger partial charge is 0.248 e. The third kappa shape index (κ3) is 3.42. The van der Waals surface area contributed by atoms with E-state index in [9.17, 15) is 0 Å². The lowest BCUT2D eigenvalue weighted by molar-refractivity contribution is 0.415. The zero-order valence-electron chi connectivity index (χ0n) is 14.1. The fourth-order valence-corrected chi connectivity index (χ4v) is 2.48. The van der Waals surface area contributed by atoms with Crippen molar-refractivity contribution in [2.75, 3.05) is 7.11 Å². The Balaban J connectivity index is 1.52. The molecule has 0 radical (unpaired) electrons. The van der Waals surface area contributed by atoms with Gasteiger partial charge in [-0.1, -0.05) is 18.2 Å². The van der Waals surface area contributed by atoms with E-state index in [1.165, 1.54) is 0 Å². The first-order valence-corrected chi connectivity index (χ1v) is 8.13. The highest BCUT2D eigenvalue weighted by Gasteiger charge is 2.11. The molecule has 5 nitrogen and oxygen atoms in total. The van der Waals surface area contributed by atoms with E-state index in [2.05, 4.69) is 10.2 Å². The van der Waals surface area contributed by atoms with Crippen LogP contribution in [0.3, 0.4) is 0 Å². The molecule has 0 bridgehead atoms. The Labute approximate surface area is 150 Å². The van der Waals surface area contributed by atoms with E-state index in [1.807, 2.05) is 78.9 Å². The van der Waals surface area contributed by atoms with Crippen LogP contribution in [0.5, 0.6) is 17.2 Å². The highest BCUT2D eigenvalue weighted by Crippen LogP contribution is 2.28. The molecule has 0 saturated carbocycles. The lowest BCUT2D eigenvalue weighted by atomic mass is 10.2. The predicted molar refractivity (Wildman–Crippen MR) is 98.2 cm³/mol. The van der Waals surface area contributed by atoms with Gasteiger partial charge in [-0.25, -0.2) is 0 Å². The van der Waals surface area contributed by atoms with Gasteiger partial charge in [0.1, 0.15) is 17.2 Å². The largest absolute Gasteiger partial charge is 0.497 e. The molecule has 5 heteroatoms. The minimum absolute atomic E-state index is 0.460. The van der Waals surface area contributed by atoms with Crippen LogP contribution in [-0.4, -0.2) is 17.3 Å². The van der Waals surface area contributed by atoms with Crippen molar-refractivity contribution in [3.8, 4) is 40.2 Å². The number of para-hydroxylation sites is 1. The second-order valence-electron chi connectivity index (χ2n) is 5.58. The Kier molecular flexibility index (Phi) is 4.35. The van der Waals surface area contributed by atoms with Crippen molar-refractivity contribution in [3.05, 3.63) is 78.9 Å². The van der Waals surface area contributed by atoms with E-state index in [4.69, 9.17) is 13.9 Å². The van der Waals surface area contributed by atoms with Crippen molar-refractivity contribution in [2.24, 2.45) is 0 Å². The molecule has 1 aromatic heterocycles. The molecule has 4 rings (SSSR count). The Morgan fingerprint density at radius 2 is 1.12 bits per heavy atom. The molecule has 0 amide bonds. The third-order valence-electron chi connectivity index (χ3n) is 3.84. The molecule has 0 N–H and O–H groups in total. The quantitative estimate of drug-likeness (QED) is 0.498. The maximum Gasteiger partial charge on any atom is 0.248 e. The van der Waals surface area contributed by atoms with E-state index in [0.717, 1.165) is 28.4 Å². The van der Waals surface area contributed by atoms with E-state index >= 15 is 0 Å². The zero-order chi connectivity index (χ0) is 17.8. The van der Waals surface area contributed by atoms with Gasteiger partial charge >= 0.3 is 0 Å². The van der Waals surface area contributed by atoms with Crippen LogP contribution in [0.2, 0.25) is 0 Å². The molecule has 0 unspecified atom stereocenters. The summed E-state index contributed by atoms with van der Waals surface area (Å²) in [5.74, 6) is 3.24. The Morgan fingerprint density at radius 1 is 0.615 bits per heavy atom. The first kappa shape index (κ1) is 15.9. The van der Waals surface area contributed by atoms with Gasteiger partial charge in [0.15, 0.2) is 0 Å². The molecule has 0 saturated heterocycles. The number of methoxy groups -OCH3 is 1. The van der Waals surface area contributed by atoms with E-state index < -0.39 is 0 Å². The summed E-state index contributed by atoms with van der Waals surface area (Å²) in [5, 5.41) is 8.25. The summed E-state index contributed by atoms with van der Waals surface area (Å²) < 4.78 is 16.7. The van der Waals surface area contributed by atoms with Crippen LogP contribution in [0.25, 0.3) is 22.9 Å². The van der Waals surface area contributed by atoms with Crippen LogP contribution in [-0.2, 0) is 0 Å². The van der Waals surface area contributed by atoms with Crippen LogP contribution in [0.4, 0.5) is 0 Å². The van der Waals surface area contributed by atoms with Crippen molar-refractivity contribution in [3.63, 3.8) is 0 Å². The molecule has 4 aromatic rings. The van der Waals surface area contributed by atoms with Gasteiger partial charge in [0, 0.05) is 11.1 Å². The van der Waals surface area contributed by atoms with Gasteiger partial charge in [-0.15, -0.1) is 10.2 Å². The fourth-order valence-electron chi connectivity index (χ4n) is 2.48. The molecule has 128 valence electrons. The Morgan fingerprint density at radius 3 is 1.65 bits per heavy atom. The molecular formula is C21H16N2O3. The molecule has 0 spiro atoms. The van der Waals surface area contributed by atoms with E-state index in [-0.39, 0.29) is 0 Å². The second kappa shape index (κ2) is 7.11. The van der Waals surface area contributed by atoms with Gasteiger partial charge in [-0.3, -0.25) is 0 Å². The van der Waals surface area contributed by atoms with Gasteiger partial charge in [-0.05, 0) is 60.7 Å². The first-order valence-electron chi connectivity index (χ1n) is 8.13. The summed E-state index contributed by atoms with van der Waals surface area (Å²) in [6.45, 7) is 0. The van der Waals surface area contributed by atoms with Gasteiger partial charge in [0.2, 0.25) is 11.8 Å². The van der Waals surface area contributed by atoms with Gasteiger partial charge in [-0.2, -0.15) is 0 Å². The van der Waals surface area contributed by atoms with Gasteiger partial charge in [0.25, 0.3) is 0 Å². The molecule has 0 fully saturated rings. The summed E-state index contributed by atoms with van der Waals surface area (Å²) in [7, 11) is 1.63. The van der Waals surface area contributed by atoms with Crippen molar-refractivity contribution < 1.29 is 13.9 Å². The summed E-state index contributed by atoms with van der Waals surface area (Å²) in [5.41, 5.74) is 1.67. The van der Waals surface area contributed by atoms with Crippen molar-refractivity contribution in [1.29, 1.82) is 0 Å². The van der Waals surface area contributed by atoms with Gasteiger partial charge < -0.3 is 13.9 Å². The van der Waals surface area contributed by atoms with E-state index in [0.29, 0.717) is 11.8 Å². The number of benzene rings is 3. The summed E-state index contributed by atoms with van der Waals surface area (Å²) in [6.07, 6.45) is 0. The number of rotatable bonds is 5.